The van der Waals surface area contributed by atoms with Crippen LogP contribution in [0.2, 0.25) is 0 Å². The van der Waals surface area contributed by atoms with Crippen LogP contribution in [0.4, 0.5) is 5.13 Å². The Morgan fingerprint density at radius 3 is 2.72 bits per heavy atom. The molecule has 168 valence electrons. The number of nitrogens with one attached hydrogen (secondary N) is 2. The Morgan fingerprint density at radius 2 is 2.00 bits per heavy atom. The average molecular weight is 458 g/mol. The maximum absolute atomic E-state index is 12.4. The van der Waals surface area contributed by atoms with Crippen LogP contribution >= 0.6 is 11.3 Å². The lowest BCUT2D eigenvalue weighted by atomic mass is 10.1. The summed E-state index contributed by atoms with van der Waals surface area (Å²) < 4.78 is 9.93. The molecule has 2 amide bonds. The van der Waals surface area contributed by atoms with Gasteiger partial charge in [-0.25, -0.2) is 9.78 Å². The van der Waals surface area contributed by atoms with Gasteiger partial charge in [-0.1, -0.05) is 28.6 Å². The first kappa shape index (κ1) is 23.1. The lowest BCUT2D eigenvalue weighted by Crippen LogP contribution is -2.25. The number of aryl methyl sites for hydroxylation is 2. The lowest BCUT2D eigenvalue weighted by Gasteiger charge is -2.06. The van der Waals surface area contributed by atoms with E-state index in [9.17, 15) is 14.4 Å². The zero-order valence-electron chi connectivity index (χ0n) is 17.9. The fourth-order valence-electron chi connectivity index (χ4n) is 2.79. The van der Waals surface area contributed by atoms with Crippen molar-refractivity contribution in [3.8, 4) is 11.4 Å². The second kappa shape index (κ2) is 10.6. The summed E-state index contributed by atoms with van der Waals surface area (Å²) >= 11 is 1.07. The summed E-state index contributed by atoms with van der Waals surface area (Å²) in [6, 6.07) is 6.89. The zero-order chi connectivity index (χ0) is 23.1. The highest BCUT2D eigenvalue weighted by atomic mass is 32.1. The molecule has 10 nitrogen and oxygen atoms in total. The number of hydrogen-bond donors (Lipinski definition) is 2. The van der Waals surface area contributed by atoms with Gasteiger partial charge in [0.2, 0.25) is 17.6 Å². The van der Waals surface area contributed by atoms with Gasteiger partial charge < -0.3 is 19.9 Å². The monoisotopic (exact) mass is 457 g/mol. The molecule has 32 heavy (non-hydrogen) atoms. The summed E-state index contributed by atoms with van der Waals surface area (Å²) in [6.07, 6.45) is 0.631. The summed E-state index contributed by atoms with van der Waals surface area (Å²) in [5.74, 6) is -0.111. The summed E-state index contributed by atoms with van der Waals surface area (Å²) in [5.41, 5.74) is 1.64. The Labute approximate surface area is 188 Å². The quantitative estimate of drug-likeness (QED) is 0.369. The van der Waals surface area contributed by atoms with Gasteiger partial charge in [-0.3, -0.25) is 9.59 Å². The van der Waals surface area contributed by atoms with Crippen molar-refractivity contribution in [3.05, 3.63) is 46.3 Å². The number of hydrogen-bond acceptors (Lipinski definition) is 9. The van der Waals surface area contributed by atoms with Crippen LogP contribution in [0.1, 0.15) is 51.4 Å². The van der Waals surface area contributed by atoms with Crippen molar-refractivity contribution in [3.63, 3.8) is 0 Å². The van der Waals surface area contributed by atoms with Gasteiger partial charge in [0.1, 0.15) is 4.88 Å². The first-order valence-corrected chi connectivity index (χ1v) is 10.8. The van der Waals surface area contributed by atoms with Gasteiger partial charge in [0.05, 0.1) is 12.3 Å². The SMILES string of the molecule is CCOC(=O)c1sc(NC(=O)CCCNC(=O)c2cccc(-c3noc(C)n3)c2)nc1C. The minimum atomic E-state index is -0.454. The molecule has 0 radical (unpaired) electrons. The van der Waals surface area contributed by atoms with E-state index in [1.807, 2.05) is 0 Å². The molecule has 0 unspecified atom stereocenters. The van der Waals surface area contributed by atoms with E-state index in [0.717, 1.165) is 11.3 Å². The Morgan fingerprint density at radius 1 is 1.19 bits per heavy atom. The van der Waals surface area contributed by atoms with Crippen molar-refractivity contribution in [1.82, 2.24) is 20.4 Å². The number of carbonyl (C=O) groups excluding carboxylic acids is 3. The molecule has 0 aliphatic rings. The van der Waals surface area contributed by atoms with Crippen LogP contribution in [0, 0.1) is 13.8 Å². The molecule has 2 heterocycles. The van der Waals surface area contributed by atoms with Gasteiger partial charge in [0.25, 0.3) is 5.91 Å². The van der Waals surface area contributed by atoms with Crippen LogP contribution < -0.4 is 10.6 Å². The van der Waals surface area contributed by atoms with E-state index in [-0.39, 0.29) is 24.8 Å². The van der Waals surface area contributed by atoms with Crippen molar-refractivity contribution in [2.24, 2.45) is 0 Å². The number of nitrogens with zero attached hydrogens (tertiary/aromatic N) is 3. The highest BCUT2D eigenvalue weighted by molar-refractivity contribution is 7.17. The second-order valence-corrected chi connectivity index (χ2v) is 7.78. The number of amides is 2. The maximum Gasteiger partial charge on any atom is 0.350 e. The largest absolute Gasteiger partial charge is 0.462 e. The van der Waals surface area contributed by atoms with E-state index < -0.39 is 5.97 Å². The minimum Gasteiger partial charge on any atom is -0.462 e. The molecule has 1 aromatic carbocycles. The topological polar surface area (TPSA) is 136 Å². The zero-order valence-corrected chi connectivity index (χ0v) is 18.7. The molecule has 2 N–H and O–H groups in total. The standard InChI is InChI=1S/C21H23N5O5S/c1-4-30-20(29)17-12(2)23-21(32-17)25-16(27)9-6-10-22-19(28)15-8-5-7-14(11-15)18-24-13(3)31-26-18/h5,7-8,11H,4,6,9-10H2,1-3H3,(H,22,28)(H,23,25,27). The fraction of sp³-hybridized carbons (Fsp3) is 0.333. The summed E-state index contributed by atoms with van der Waals surface area (Å²) in [5, 5.41) is 9.65. The van der Waals surface area contributed by atoms with Gasteiger partial charge >= 0.3 is 5.97 Å². The lowest BCUT2D eigenvalue weighted by molar-refractivity contribution is -0.116. The molecule has 0 fully saturated rings. The molecular weight excluding hydrogens is 434 g/mol. The molecule has 0 saturated heterocycles. The predicted molar refractivity (Wildman–Crippen MR) is 117 cm³/mol. The molecule has 0 aliphatic heterocycles. The third-order valence-corrected chi connectivity index (χ3v) is 5.33. The molecule has 3 aromatic rings. The molecular formula is C21H23N5O5S. The minimum absolute atomic E-state index is 0.190. The van der Waals surface area contributed by atoms with Crippen LogP contribution in [0.25, 0.3) is 11.4 Å². The second-order valence-electron chi connectivity index (χ2n) is 6.78. The van der Waals surface area contributed by atoms with Crippen LogP contribution in [-0.2, 0) is 9.53 Å². The van der Waals surface area contributed by atoms with E-state index >= 15 is 0 Å². The Hall–Kier alpha value is -3.60. The van der Waals surface area contributed by atoms with Crippen LogP contribution in [0.15, 0.2) is 28.8 Å². The molecule has 0 atom stereocenters. The smallest absolute Gasteiger partial charge is 0.350 e. The van der Waals surface area contributed by atoms with Crippen molar-refractivity contribution in [2.45, 2.75) is 33.6 Å². The van der Waals surface area contributed by atoms with Gasteiger partial charge in [-0.05, 0) is 32.4 Å². The van der Waals surface area contributed by atoms with Gasteiger partial charge in [0, 0.05) is 31.0 Å². The molecule has 0 saturated carbocycles. The third-order valence-electron chi connectivity index (χ3n) is 4.28. The Bertz CT molecular complexity index is 1120. The highest BCUT2D eigenvalue weighted by Crippen LogP contribution is 2.23. The normalized spacial score (nSPS) is 10.6. The number of benzene rings is 1. The van der Waals surface area contributed by atoms with Crippen molar-refractivity contribution in [1.29, 1.82) is 0 Å². The highest BCUT2D eigenvalue weighted by Gasteiger charge is 2.17. The van der Waals surface area contributed by atoms with E-state index in [1.54, 1.807) is 45.0 Å². The first-order valence-electron chi connectivity index (χ1n) is 10.0. The number of esters is 1. The molecule has 0 aliphatic carbocycles. The fourth-order valence-corrected chi connectivity index (χ4v) is 3.66. The summed E-state index contributed by atoms with van der Waals surface area (Å²) in [4.78, 5) is 45.1. The van der Waals surface area contributed by atoms with Crippen molar-refractivity contribution >= 4 is 34.3 Å². The van der Waals surface area contributed by atoms with Gasteiger partial charge in [0.15, 0.2) is 5.13 Å². The third kappa shape index (κ3) is 5.97. The molecule has 3 rings (SSSR count). The van der Waals surface area contributed by atoms with E-state index in [1.165, 1.54) is 0 Å². The molecule has 0 spiro atoms. The molecule has 11 heteroatoms. The van der Waals surface area contributed by atoms with Gasteiger partial charge in [-0.15, -0.1) is 0 Å². The number of rotatable bonds is 9. The number of anilines is 1. The van der Waals surface area contributed by atoms with Crippen molar-refractivity contribution < 1.29 is 23.6 Å². The average Bonchev–Trinajstić information content (AvgIpc) is 3.36. The summed E-state index contributed by atoms with van der Waals surface area (Å²) in [7, 11) is 0. The summed E-state index contributed by atoms with van der Waals surface area (Å²) in [6.45, 7) is 5.69. The predicted octanol–water partition coefficient (Wildman–Crippen LogP) is 3.14. The van der Waals surface area contributed by atoms with E-state index in [4.69, 9.17) is 9.26 Å². The van der Waals surface area contributed by atoms with E-state index in [2.05, 4.69) is 25.8 Å². The number of thiazole rings is 1. The van der Waals surface area contributed by atoms with Crippen LogP contribution in [-0.4, -0.2) is 46.1 Å². The van der Waals surface area contributed by atoms with Crippen LogP contribution in [0.3, 0.4) is 0 Å². The van der Waals surface area contributed by atoms with Crippen molar-refractivity contribution in [2.75, 3.05) is 18.5 Å². The van der Waals surface area contributed by atoms with Crippen LogP contribution in [0.5, 0.6) is 0 Å². The number of ether oxygens (including phenoxy) is 1. The maximum atomic E-state index is 12.4. The number of carbonyl (C=O) groups is 3. The van der Waals surface area contributed by atoms with Gasteiger partial charge in [-0.2, -0.15) is 4.98 Å². The molecule has 0 bridgehead atoms. The Kier molecular flexibility index (Phi) is 7.66. The van der Waals surface area contributed by atoms with E-state index in [0.29, 0.717) is 51.5 Å². The first-order chi connectivity index (χ1) is 15.4. The number of aromatic nitrogens is 3. The Balaban J connectivity index is 1.45. The molecule has 2 aromatic heterocycles.